The molecule has 25 heavy (non-hydrogen) atoms. The van der Waals surface area contributed by atoms with E-state index in [1.807, 2.05) is 14.1 Å². The van der Waals surface area contributed by atoms with E-state index in [4.69, 9.17) is 5.11 Å². The van der Waals surface area contributed by atoms with Gasteiger partial charge in [0.25, 0.3) is 0 Å². The van der Waals surface area contributed by atoms with Crippen molar-refractivity contribution in [1.29, 1.82) is 0 Å². The molecule has 0 radical (unpaired) electrons. The van der Waals surface area contributed by atoms with E-state index in [0.29, 0.717) is 12.5 Å². The first kappa shape index (κ1) is 21.0. The average molecular weight is 349 g/mol. The van der Waals surface area contributed by atoms with Crippen molar-refractivity contribution >= 4 is 12.0 Å². The summed E-state index contributed by atoms with van der Waals surface area (Å²) in [6.07, 6.45) is 0.996. The molecule has 0 aromatic heterocycles. The lowest BCUT2D eigenvalue weighted by Gasteiger charge is -2.26. The Bertz CT molecular complexity index is 556. The van der Waals surface area contributed by atoms with Gasteiger partial charge in [-0.25, -0.2) is 4.79 Å². The minimum atomic E-state index is -0.910. The van der Waals surface area contributed by atoms with Crippen molar-refractivity contribution in [3.05, 3.63) is 35.4 Å². The Labute approximate surface area is 150 Å². The zero-order valence-electron chi connectivity index (χ0n) is 16.0. The topological polar surface area (TPSA) is 72.9 Å². The maximum absolute atomic E-state index is 12.1. The van der Waals surface area contributed by atoms with Gasteiger partial charge < -0.3 is 20.2 Å². The van der Waals surface area contributed by atoms with Crippen molar-refractivity contribution in [2.75, 3.05) is 34.2 Å². The number of urea groups is 1. The van der Waals surface area contributed by atoms with E-state index in [0.717, 1.165) is 12.0 Å². The van der Waals surface area contributed by atoms with E-state index in [1.54, 1.807) is 7.05 Å². The standard InChI is InChI=1S/C19H31N3O3/c1-14(2)12-15-6-8-16(9-7-15)17(21(3)4)13-20-19(25)22(5)11-10-18(23)24/h6-9,14,17H,10-13H2,1-5H3,(H,20,25)(H,23,24). The molecule has 0 fully saturated rings. The Hall–Kier alpha value is -2.08. The highest BCUT2D eigenvalue weighted by atomic mass is 16.4. The molecule has 1 aromatic carbocycles. The Kier molecular flexibility index (Phi) is 8.41. The second-order valence-corrected chi connectivity index (χ2v) is 7.07. The van der Waals surface area contributed by atoms with Crippen LogP contribution >= 0.6 is 0 Å². The number of nitrogens with one attached hydrogen (secondary N) is 1. The Morgan fingerprint density at radius 3 is 2.20 bits per heavy atom. The molecule has 0 aliphatic rings. The predicted molar refractivity (Wildman–Crippen MR) is 99.7 cm³/mol. The summed E-state index contributed by atoms with van der Waals surface area (Å²) in [6.45, 7) is 5.06. The maximum Gasteiger partial charge on any atom is 0.317 e. The summed E-state index contributed by atoms with van der Waals surface area (Å²) in [4.78, 5) is 26.1. The van der Waals surface area contributed by atoms with Crippen LogP contribution in [0.25, 0.3) is 0 Å². The predicted octanol–water partition coefficient (Wildman–Crippen LogP) is 2.60. The lowest BCUT2D eigenvalue weighted by atomic mass is 9.99. The van der Waals surface area contributed by atoms with Crippen LogP contribution in [0.5, 0.6) is 0 Å². The number of likely N-dealkylation sites (N-methyl/N-ethyl adjacent to an activating group) is 1. The van der Waals surface area contributed by atoms with E-state index < -0.39 is 5.97 Å². The summed E-state index contributed by atoms with van der Waals surface area (Å²) in [5.41, 5.74) is 2.46. The maximum atomic E-state index is 12.1. The molecule has 2 N–H and O–H groups in total. The molecule has 6 nitrogen and oxygen atoms in total. The lowest BCUT2D eigenvalue weighted by molar-refractivity contribution is -0.137. The number of nitrogens with zero attached hydrogens (tertiary/aromatic N) is 2. The summed E-state index contributed by atoms with van der Waals surface area (Å²) in [7, 11) is 5.56. The van der Waals surface area contributed by atoms with Gasteiger partial charge in [0.05, 0.1) is 12.5 Å². The number of hydrogen-bond donors (Lipinski definition) is 2. The number of rotatable bonds is 9. The van der Waals surface area contributed by atoms with Crippen molar-refractivity contribution in [2.24, 2.45) is 5.92 Å². The molecule has 0 saturated carbocycles. The van der Waals surface area contributed by atoms with Crippen LogP contribution in [0.3, 0.4) is 0 Å². The molecule has 0 bridgehead atoms. The summed E-state index contributed by atoms with van der Waals surface area (Å²) in [5.74, 6) is -0.288. The van der Waals surface area contributed by atoms with Crippen molar-refractivity contribution < 1.29 is 14.7 Å². The number of hydrogen-bond acceptors (Lipinski definition) is 3. The first-order valence-electron chi connectivity index (χ1n) is 8.66. The SMILES string of the molecule is CC(C)Cc1ccc(C(CNC(=O)N(C)CCC(=O)O)N(C)C)cc1. The first-order chi connectivity index (χ1) is 11.7. The zero-order chi connectivity index (χ0) is 19.0. The third-order valence-electron chi connectivity index (χ3n) is 4.09. The fourth-order valence-corrected chi connectivity index (χ4v) is 2.63. The van der Waals surface area contributed by atoms with E-state index in [2.05, 4.69) is 48.3 Å². The number of carboxylic acid groups (broad SMARTS) is 1. The zero-order valence-corrected chi connectivity index (χ0v) is 16.0. The molecule has 1 aromatic rings. The van der Waals surface area contributed by atoms with Gasteiger partial charge in [-0.15, -0.1) is 0 Å². The molecule has 0 heterocycles. The van der Waals surface area contributed by atoms with Gasteiger partial charge in [-0.3, -0.25) is 4.79 Å². The monoisotopic (exact) mass is 349 g/mol. The highest BCUT2D eigenvalue weighted by molar-refractivity contribution is 5.75. The summed E-state index contributed by atoms with van der Waals surface area (Å²) < 4.78 is 0. The molecule has 0 aliphatic heterocycles. The van der Waals surface area contributed by atoms with Crippen molar-refractivity contribution in [2.45, 2.75) is 32.7 Å². The number of aliphatic carboxylic acids is 1. The van der Waals surface area contributed by atoms with Crippen LogP contribution in [-0.4, -0.2) is 61.1 Å². The molecule has 2 amide bonds. The van der Waals surface area contributed by atoms with Crippen molar-refractivity contribution in [3.63, 3.8) is 0 Å². The van der Waals surface area contributed by atoms with E-state index in [9.17, 15) is 9.59 Å². The van der Waals surface area contributed by atoms with E-state index >= 15 is 0 Å². The van der Waals surface area contributed by atoms with Gasteiger partial charge in [-0.1, -0.05) is 38.1 Å². The third kappa shape index (κ3) is 7.56. The lowest BCUT2D eigenvalue weighted by Crippen LogP contribution is -2.42. The molecule has 1 atom stereocenters. The van der Waals surface area contributed by atoms with Crippen LogP contribution in [-0.2, 0) is 11.2 Å². The highest BCUT2D eigenvalue weighted by Gasteiger charge is 2.17. The van der Waals surface area contributed by atoms with Gasteiger partial charge in [0, 0.05) is 20.1 Å². The van der Waals surface area contributed by atoms with Crippen molar-refractivity contribution in [3.8, 4) is 0 Å². The minimum absolute atomic E-state index is 0.0572. The van der Waals surface area contributed by atoms with Crippen LogP contribution in [0.15, 0.2) is 24.3 Å². The normalized spacial score (nSPS) is 12.3. The second-order valence-electron chi connectivity index (χ2n) is 7.07. The molecule has 1 unspecified atom stereocenters. The Morgan fingerprint density at radius 1 is 1.12 bits per heavy atom. The quantitative estimate of drug-likeness (QED) is 0.719. The molecule has 0 saturated heterocycles. The fourth-order valence-electron chi connectivity index (χ4n) is 2.63. The number of carbonyl (C=O) groups is 2. The van der Waals surface area contributed by atoms with E-state index in [1.165, 1.54) is 10.5 Å². The van der Waals surface area contributed by atoms with Gasteiger partial charge in [0.15, 0.2) is 0 Å². The first-order valence-corrected chi connectivity index (χ1v) is 8.66. The van der Waals surface area contributed by atoms with Gasteiger partial charge in [-0.2, -0.15) is 0 Å². The van der Waals surface area contributed by atoms with E-state index in [-0.39, 0.29) is 25.0 Å². The van der Waals surface area contributed by atoms with Gasteiger partial charge in [0.1, 0.15) is 0 Å². The second kappa shape index (κ2) is 10.0. The number of carbonyl (C=O) groups excluding carboxylic acids is 1. The van der Waals surface area contributed by atoms with Gasteiger partial charge in [-0.05, 0) is 37.6 Å². The Balaban J connectivity index is 2.65. The Morgan fingerprint density at radius 2 is 1.72 bits per heavy atom. The number of carboxylic acids is 1. The fraction of sp³-hybridized carbons (Fsp3) is 0.579. The van der Waals surface area contributed by atoms with Gasteiger partial charge >= 0.3 is 12.0 Å². The van der Waals surface area contributed by atoms with Gasteiger partial charge in [0.2, 0.25) is 0 Å². The summed E-state index contributed by atoms with van der Waals surface area (Å²) in [6, 6.07) is 8.32. The summed E-state index contributed by atoms with van der Waals surface area (Å²) in [5, 5.41) is 11.6. The average Bonchev–Trinajstić information content (AvgIpc) is 2.53. The van der Waals surface area contributed by atoms with Crippen LogP contribution in [0.1, 0.15) is 37.4 Å². The molecule has 6 heteroatoms. The molecule has 0 spiro atoms. The van der Waals surface area contributed by atoms with Crippen LogP contribution in [0, 0.1) is 5.92 Å². The minimum Gasteiger partial charge on any atom is -0.481 e. The number of benzene rings is 1. The molecule has 140 valence electrons. The smallest absolute Gasteiger partial charge is 0.317 e. The van der Waals surface area contributed by atoms with Crippen molar-refractivity contribution in [1.82, 2.24) is 15.1 Å². The largest absolute Gasteiger partial charge is 0.481 e. The van der Waals surface area contributed by atoms with Crippen LogP contribution in [0.4, 0.5) is 4.79 Å². The molecule has 0 aliphatic carbocycles. The molecule has 1 rings (SSSR count). The van der Waals surface area contributed by atoms with Crippen LogP contribution < -0.4 is 5.32 Å². The number of amides is 2. The summed E-state index contributed by atoms with van der Waals surface area (Å²) >= 11 is 0. The van der Waals surface area contributed by atoms with Crippen LogP contribution in [0.2, 0.25) is 0 Å². The molecular formula is C19H31N3O3. The highest BCUT2D eigenvalue weighted by Crippen LogP contribution is 2.19. The molecular weight excluding hydrogens is 318 g/mol. The third-order valence-corrected chi connectivity index (χ3v) is 4.09.